The van der Waals surface area contributed by atoms with Crippen molar-refractivity contribution in [3.8, 4) is 0 Å². The van der Waals surface area contributed by atoms with Crippen molar-refractivity contribution in [1.29, 1.82) is 0 Å². The molecule has 0 amide bonds. The van der Waals surface area contributed by atoms with Crippen LogP contribution in [0.5, 0.6) is 0 Å². The number of rotatable bonds is 2. The number of hydrogen-bond acceptors (Lipinski definition) is 1. The normalized spacial score (nSPS) is 18.5. The van der Waals surface area contributed by atoms with E-state index in [-0.39, 0.29) is 0 Å². The summed E-state index contributed by atoms with van der Waals surface area (Å²) in [6.45, 7) is 0. The summed E-state index contributed by atoms with van der Waals surface area (Å²) in [5.74, 6) is 0. The van der Waals surface area contributed by atoms with E-state index in [1.807, 2.05) is 25.3 Å². The first-order valence-corrected chi connectivity index (χ1v) is 4.18. The predicted molar refractivity (Wildman–Crippen MR) is 48.7 cm³/mol. The van der Waals surface area contributed by atoms with Crippen LogP contribution in [0.25, 0.3) is 0 Å². The quantitative estimate of drug-likeness (QED) is 0.436. The van der Waals surface area contributed by atoms with Gasteiger partial charge in [0.1, 0.15) is 0 Å². The van der Waals surface area contributed by atoms with Gasteiger partial charge in [0.15, 0.2) is 0 Å². The molecule has 0 heterocycles. The lowest BCUT2D eigenvalue weighted by molar-refractivity contribution is 0.636. The lowest BCUT2D eigenvalue weighted by Gasteiger charge is -2.09. The van der Waals surface area contributed by atoms with E-state index in [1.165, 1.54) is 25.0 Å². The van der Waals surface area contributed by atoms with E-state index in [9.17, 15) is 0 Å². The number of hydrogen-bond donors (Lipinski definition) is 0. The summed E-state index contributed by atoms with van der Waals surface area (Å²) in [5.41, 5.74) is 1.25. The van der Waals surface area contributed by atoms with Crippen molar-refractivity contribution in [3.05, 3.63) is 11.8 Å². The SMILES string of the molecule is CN(C)C=NC1=CCCCC1. The molecule has 0 N–H and O–H groups in total. The maximum Gasteiger partial charge on any atom is 0.0902 e. The van der Waals surface area contributed by atoms with Crippen molar-refractivity contribution in [2.24, 2.45) is 4.99 Å². The van der Waals surface area contributed by atoms with Gasteiger partial charge in [0, 0.05) is 19.8 Å². The molecular weight excluding hydrogens is 136 g/mol. The van der Waals surface area contributed by atoms with Crippen LogP contribution in [0, 0.1) is 0 Å². The first kappa shape index (κ1) is 8.31. The maximum atomic E-state index is 4.34. The van der Waals surface area contributed by atoms with Crippen LogP contribution >= 0.6 is 0 Å². The third-order valence-electron chi connectivity index (χ3n) is 1.72. The second-order valence-electron chi connectivity index (χ2n) is 3.15. The lowest BCUT2D eigenvalue weighted by Crippen LogP contribution is -2.08. The highest BCUT2D eigenvalue weighted by Gasteiger charge is 1.99. The minimum absolute atomic E-state index is 1.16. The average Bonchev–Trinajstić information content (AvgIpc) is 2.03. The molecule has 0 atom stereocenters. The molecule has 1 aliphatic rings. The van der Waals surface area contributed by atoms with Gasteiger partial charge in [0.25, 0.3) is 0 Å². The number of nitrogens with zero attached hydrogens (tertiary/aromatic N) is 2. The Morgan fingerprint density at radius 1 is 1.45 bits per heavy atom. The van der Waals surface area contributed by atoms with Crippen molar-refractivity contribution in [3.63, 3.8) is 0 Å². The molecule has 2 nitrogen and oxygen atoms in total. The van der Waals surface area contributed by atoms with Gasteiger partial charge in [-0.3, -0.25) is 0 Å². The molecule has 0 bridgehead atoms. The molecule has 0 aromatic heterocycles. The molecule has 1 aliphatic carbocycles. The van der Waals surface area contributed by atoms with Crippen molar-refractivity contribution < 1.29 is 0 Å². The predicted octanol–water partition coefficient (Wildman–Crippen LogP) is 2.03. The largest absolute Gasteiger partial charge is 0.369 e. The van der Waals surface area contributed by atoms with Crippen molar-refractivity contribution in [2.45, 2.75) is 25.7 Å². The summed E-state index contributed by atoms with van der Waals surface area (Å²) in [7, 11) is 3.99. The van der Waals surface area contributed by atoms with Gasteiger partial charge in [-0.25, -0.2) is 4.99 Å². The van der Waals surface area contributed by atoms with Crippen molar-refractivity contribution in [2.75, 3.05) is 14.1 Å². The molecule has 1 rings (SSSR count). The molecule has 0 saturated carbocycles. The molecule has 0 spiro atoms. The van der Waals surface area contributed by atoms with Crippen molar-refractivity contribution >= 4 is 6.34 Å². The van der Waals surface area contributed by atoms with Gasteiger partial charge in [0.05, 0.1) is 6.34 Å². The molecule has 0 radical (unpaired) electrons. The fourth-order valence-corrected chi connectivity index (χ4v) is 1.13. The fourth-order valence-electron chi connectivity index (χ4n) is 1.13. The molecule has 0 aromatic carbocycles. The van der Waals surface area contributed by atoms with Crippen LogP contribution in [0.1, 0.15) is 25.7 Å². The standard InChI is InChI=1S/C9H16N2/c1-11(2)8-10-9-6-4-3-5-7-9/h6,8H,3-5,7H2,1-2H3. The van der Waals surface area contributed by atoms with Crippen LogP contribution in [0.3, 0.4) is 0 Å². The highest BCUT2D eigenvalue weighted by Crippen LogP contribution is 2.17. The topological polar surface area (TPSA) is 15.6 Å². The van der Waals surface area contributed by atoms with Gasteiger partial charge in [-0.2, -0.15) is 0 Å². The molecule has 0 aromatic rings. The summed E-state index contributed by atoms with van der Waals surface area (Å²) in [6, 6.07) is 0. The third-order valence-corrected chi connectivity index (χ3v) is 1.72. The van der Waals surface area contributed by atoms with E-state index in [0.717, 1.165) is 6.42 Å². The average molecular weight is 152 g/mol. The second-order valence-corrected chi connectivity index (χ2v) is 3.15. The van der Waals surface area contributed by atoms with Crippen LogP contribution in [0.15, 0.2) is 16.8 Å². The Labute approximate surface area is 68.6 Å². The smallest absolute Gasteiger partial charge is 0.0902 e. The van der Waals surface area contributed by atoms with Gasteiger partial charge >= 0.3 is 0 Å². The summed E-state index contributed by atoms with van der Waals surface area (Å²) < 4.78 is 0. The van der Waals surface area contributed by atoms with Crippen LogP contribution in [0.4, 0.5) is 0 Å². The maximum absolute atomic E-state index is 4.34. The molecule has 2 heteroatoms. The Hall–Kier alpha value is -0.790. The highest BCUT2D eigenvalue weighted by molar-refractivity contribution is 5.55. The Bertz CT molecular complexity index is 168. The first-order valence-electron chi connectivity index (χ1n) is 4.18. The Balaban J connectivity index is 2.41. The zero-order valence-corrected chi connectivity index (χ0v) is 7.38. The zero-order chi connectivity index (χ0) is 8.10. The molecule has 0 aliphatic heterocycles. The Morgan fingerprint density at radius 2 is 2.27 bits per heavy atom. The fraction of sp³-hybridized carbons (Fsp3) is 0.667. The first-order chi connectivity index (χ1) is 5.29. The highest BCUT2D eigenvalue weighted by atomic mass is 15.1. The number of aliphatic imine (C=N–C) groups is 1. The van der Waals surface area contributed by atoms with Gasteiger partial charge in [0.2, 0.25) is 0 Å². The Kier molecular flexibility index (Phi) is 3.14. The van der Waals surface area contributed by atoms with E-state index in [1.54, 1.807) is 0 Å². The lowest BCUT2D eigenvalue weighted by atomic mass is 10.1. The zero-order valence-electron chi connectivity index (χ0n) is 7.38. The Morgan fingerprint density at radius 3 is 2.82 bits per heavy atom. The van der Waals surface area contributed by atoms with Gasteiger partial charge in [-0.15, -0.1) is 0 Å². The van der Waals surface area contributed by atoms with E-state index in [4.69, 9.17) is 0 Å². The number of allylic oxidation sites excluding steroid dienone is 2. The van der Waals surface area contributed by atoms with Crippen molar-refractivity contribution in [1.82, 2.24) is 4.90 Å². The van der Waals surface area contributed by atoms with E-state index < -0.39 is 0 Å². The van der Waals surface area contributed by atoms with Crippen LogP contribution in [-0.4, -0.2) is 25.3 Å². The second kappa shape index (κ2) is 4.16. The third kappa shape index (κ3) is 3.21. The monoisotopic (exact) mass is 152 g/mol. The molecule has 0 saturated heterocycles. The molecule has 11 heavy (non-hydrogen) atoms. The van der Waals surface area contributed by atoms with Gasteiger partial charge in [-0.1, -0.05) is 6.08 Å². The minimum atomic E-state index is 1.16. The molecule has 0 unspecified atom stereocenters. The molecule has 62 valence electrons. The van der Waals surface area contributed by atoms with Gasteiger partial charge in [-0.05, 0) is 25.7 Å². The minimum Gasteiger partial charge on any atom is -0.369 e. The molecular formula is C9H16N2. The van der Waals surface area contributed by atoms with Crippen LogP contribution < -0.4 is 0 Å². The van der Waals surface area contributed by atoms with Crippen LogP contribution in [-0.2, 0) is 0 Å². The summed E-state index contributed by atoms with van der Waals surface area (Å²) in [5, 5.41) is 0. The van der Waals surface area contributed by atoms with Crippen LogP contribution in [0.2, 0.25) is 0 Å². The van der Waals surface area contributed by atoms with E-state index in [2.05, 4.69) is 11.1 Å². The molecule has 0 fully saturated rings. The van der Waals surface area contributed by atoms with E-state index in [0.29, 0.717) is 0 Å². The van der Waals surface area contributed by atoms with E-state index >= 15 is 0 Å². The van der Waals surface area contributed by atoms with Gasteiger partial charge < -0.3 is 4.90 Å². The summed E-state index contributed by atoms with van der Waals surface area (Å²) in [4.78, 5) is 6.31. The summed E-state index contributed by atoms with van der Waals surface area (Å²) in [6.07, 6.45) is 9.11. The summed E-state index contributed by atoms with van der Waals surface area (Å²) >= 11 is 0.